The maximum Gasteiger partial charge on any atom is 0.202 e. The molecule has 78 valence electrons. The second kappa shape index (κ2) is 4.46. The Morgan fingerprint density at radius 3 is 3.36 bits per heavy atom. The Kier molecular flexibility index (Phi) is 3.03. The Bertz CT molecular complexity index is 260. The summed E-state index contributed by atoms with van der Waals surface area (Å²) < 4.78 is 5.70. The molecule has 1 fully saturated rings. The first-order valence-corrected chi connectivity index (χ1v) is 5.26. The molecule has 0 bridgehead atoms. The molecule has 14 heavy (non-hydrogen) atoms. The van der Waals surface area contributed by atoms with Gasteiger partial charge in [-0.15, -0.1) is 0 Å². The van der Waals surface area contributed by atoms with Crippen LogP contribution in [0.4, 0.5) is 5.95 Å². The lowest BCUT2D eigenvalue weighted by molar-refractivity contribution is 0.0664. The molecule has 1 aliphatic rings. The molecule has 0 radical (unpaired) electrons. The van der Waals surface area contributed by atoms with Crippen LogP contribution >= 0.6 is 0 Å². The number of nitrogens with one attached hydrogen (secondary N) is 1. The van der Waals surface area contributed by atoms with Gasteiger partial charge in [-0.3, -0.25) is 0 Å². The standard InChI is InChI=1S/C10H17N3O/c1-2-9-8-13(6-3-7-14-9)10-11-4-5-12-10/h4-5,9H,2-3,6-8H2,1H3,(H,11,12). The molecule has 1 unspecified atom stereocenters. The van der Waals surface area contributed by atoms with Gasteiger partial charge in [0.25, 0.3) is 0 Å². The zero-order valence-corrected chi connectivity index (χ0v) is 8.57. The molecule has 1 aromatic rings. The first-order valence-electron chi connectivity index (χ1n) is 5.26. The fourth-order valence-electron chi connectivity index (χ4n) is 1.76. The van der Waals surface area contributed by atoms with Gasteiger partial charge in [0.15, 0.2) is 0 Å². The Labute approximate surface area is 84.3 Å². The van der Waals surface area contributed by atoms with Crippen LogP contribution in [0.2, 0.25) is 0 Å². The van der Waals surface area contributed by atoms with E-state index < -0.39 is 0 Å². The SMILES string of the molecule is CCC1CN(c2ncc[nH]2)CCCO1. The zero-order chi connectivity index (χ0) is 9.80. The number of aromatic amines is 1. The Balaban J connectivity index is 2.03. The smallest absolute Gasteiger partial charge is 0.202 e. The summed E-state index contributed by atoms with van der Waals surface area (Å²) in [5, 5.41) is 0. The fraction of sp³-hybridized carbons (Fsp3) is 0.700. The lowest BCUT2D eigenvalue weighted by atomic mass is 10.2. The minimum Gasteiger partial charge on any atom is -0.376 e. The summed E-state index contributed by atoms with van der Waals surface area (Å²) in [6.07, 6.45) is 6.15. The largest absolute Gasteiger partial charge is 0.376 e. The van der Waals surface area contributed by atoms with E-state index >= 15 is 0 Å². The summed E-state index contributed by atoms with van der Waals surface area (Å²) in [6, 6.07) is 0. The normalized spacial score (nSPS) is 23.5. The van der Waals surface area contributed by atoms with Gasteiger partial charge in [-0.25, -0.2) is 4.98 Å². The van der Waals surface area contributed by atoms with E-state index in [1.54, 1.807) is 6.20 Å². The molecule has 0 aliphatic carbocycles. The molecule has 0 amide bonds. The van der Waals surface area contributed by atoms with E-state index in [1.807, 2.05) is 6.20 Å². The minimum atomic E-state index is 0.350. The van der Waals surface area contributed by atoms with E-state index in [0.29, 0.717) is 6.10 Å². The van der Waals surface area contributed by atoms with E-state index in [0.717, 1.165) is 38.5 Å². The first kappa shape index (κ1) is 9.52. The van der Waals surface area contributed by atoms with Gasteiger partial charge in [-0.1, -0.05) is 6.92 Å². The van der Waals surface area contributed by atoms with Gasteiger partial charge in [-0.05, 0) is 12.8 Å². The van der Waals surface area contributed by atoms with Crippen molar-refractivity contribution >= 4 is 5.95 Å². The maximum absolute atomic E-state index is 5.70. The van der Waals surface area contributed by atoms with Gasteiger partial charge in [-0.2, -0.15) is 0 Å². The quantitative estimate of drug-likeness (QED) is 0.775. The van der Waals surface area contributed by atoms with Crippen LogP contribution in [-0.4, -0.2) is 35.8 Å². The third-order valence-electron chi connectivity index (χ3n) is 2.59. The molecule has 4 heteroatoms. The number of hydrogen-bond donors (Lipinski definition) is 1. The van der Waals surface area contributed by atoms with Crippen molar-refractivity contribution in [2.45, 2.75) is 25.9 Å². The van der Waals surface area contributed by atoms with Crippen LogP contribution < -0.4 is 4.90 Å². The number of ether oxygens (including phenoxy) is 1. The van der Waals surface area contributed by atoms with Gasteiger partial charge in [0.05, 0.1) is 6.10 Å². The lowest BCUT2D eigenvalue weighted by Gasteiger charge is -2.22. The lowest BCUT2D eigenvalue weighted by Crippen LogP contribution is -2.32. The highest BCUT2D eigenvalue weighted by Gasteiger charge is 2.18. The number of H-pyrrole nitrogens is 1. The molecule has 1 N–H and O–H groups in total. The van der Waals surface area contributed by atoms with Gasteiger partial charge in [0, 0.05) is 32.1 Å². The van der Waals surface area contributed by atoms with Crippen molar-refractivity contribution in [1.82, 2.24) is 9.97 Å². The summed E-state index contributed by atoms with van der Waals surface area (Å²) in [6.45, 7) is 5.01. The number of rotatable bonds is 2. The Morgan fingerprint density at radius 2 is 2.64 bits per heavy atom. The summed E-state index contributed by atoms with van der Waals surface area (Å²) in [5.41, 5.74) is 0. The molecule has 1 aromatic heterocycles. The van der Waals surface area contributed by atoms with Crippen molar-refractivity contribution in [2.24, 2.45) is 0 Å². The van der Waals surface area contributed by atoms with Crippen LogP contribution in [0, 0.1) is 0 Å². The van der Waals surface area contributed by atoms with Crippen LogP contribution in [0.25, 0.3) is 0 Å². The van der Waals surface area contributed by atoms with Crippen LogP contribution in [0.3, 0.4) is 0 Å². The fourth-order valence-corrected chi connectivity index (χ4v) is 1.76. The zero-order valence-electron chi connectivity index (χ0n) is 8.57. The van der Waals surface area contributed by atoms with Crippen molar-refractivity contribution in [1.29, 1.82) is 0 Å². The summed E-state index contributed by atoms with van der Waals surface area (Å²) in [5.74, 6) is 0.967. The number of anilines is 1. The second-order valence-electron chi connectivity index (χ2n) is 3.61. The topological polar surface area (TPSA) is 41.2 Å². The van der Waals surface area contributed by atoms with Crippen LogP contribution in [0.5, 0.6) is 0 Å². The van der Waals surface area contributed by atoms with E-state index in [-0.39, 0.29) is 0 Å². The molecular formula is C10H17N3O. The van der Waals surface area contributed by atoms with E-state index in [9.17, 15) is 0 Å². The average molecular weight is 195 g/mol. The van der Waals surface area contributed by atoms with Crippen LogP contribution in [0.15, 0.2) is 12.4 Å². The van der Waals surface area contributed by atoms with Gasteiger partial charge >= 0.3 is 0 Å². The highest BCUT2D eigenvalue weighted by atomic mass is 16.5. The average Bonchev–Trinajstić information content (AvgIpc) is 2.63. The molecule has 1 saturated heterocycles. The summed E-state index contributed by atoms with van der Waals surface area (Å²) >= 11 is 0. The molecule has 0 saturated carbocycles. The van der Waals surface area contributed by atoms with Crippen molar-refractivity contribution in [2.75, 3.05) is 24.6 Å². The van der Waals surface area contributed by atoms with Gasteiger partial charge < -0.3 is 14.6 Å². The predicted octanol–water partition coefficient (Wildman–Crippen LogP) is 1.41. The van der Waals surface area contributed by atoms with Crippen LogP contribution in [0.1, 0.15) is 19.8 Å². The molecule has 0 aromatic carbocycles. The monoisotopic (exact) mass is 195 g/mol. The van der Waals surface area contributed by atoms with Crippen molar-refractivity contribution in [3.63, 3.8) is 0 Å². The van der Waals surface area contributed by atoms with Crippen molar-refractivity contribution in [3.8, 4) is 0 Å². The van der Waals surface area contributed by atoms with E-state index in [1.165, 1.54) is 0 Å². The number of imidazole rings is 1. The summed E-state index contributed by atoms with van der Waals surface area (Å²) in [4.78, 5) is 9.67. The van der Waals surface area contributed by atoms with Gasteiger partial charge in [0.2, 0.25) is 5.95 Å². The molecule has 0 spiro atoms. The molecule has 2 heterocycles. The Hall–Kier alpha value is -1.03. The highest BCUT2D eigenvalue weighted by molar-refractivity contribution is 5.29. The highest BCUT2D eigenvalue weighted by Crippen LogP contribution is 2.13. The molecule has 2 rings (SSSR count). The van der Waals surface area contributed by atoms with Crippen molar-refractivity contribution in [3.05, 3.63) is 12.4 Å². The first-order chi connectivity index (χ1) is 6.90. The van der Waals surface area contributed by atoms with E-state index in [2.05, 4.69) is 21.8 Å². The van der Waals surface area contributed by atoms with Gasteiger partial charge in [0.1, 0.15) is 0 Å². The molecule has 4 nitrogen and oxygen atoms in total. The minimum absolute atomic E-state index is 0.350. The summed E-state index contributed by atoms with van der Waals surface area (Å²) in [7, 11) is 0. The van der Waals surface area contributed by atoms with E-state index in [4.69, 9.17) is 4.74 Å². The number of nitrogens with zero attached hydrogens (tertiary/aromatic N) is 2. The molecule has 1 atom stereocenters. The van der Waals surface area contributed by atoms with Crippen LogP contribution in [-0.2, 0) is 4.74 Å². The molecule has 1 aliphatic heterocycles. The third-order valence-corrected chi connectivity index (χ3v) is 2.59. The Morgan fingerprint density at radius 1 is 1.71 bits per heavy atom. The number of aromatic nitrogens is 2. The maximum atomic E-state index is 5.70. The molecular weight excluding hydrogens is 178 g/mol. The second-order valence-corrected chi connectivity index (χ2v) is 3.61. The predicted molar refractivity (Wildman–Crippen MR) is 55.4 cm³/mol. The van der Waals surface area contributed by atoms with Crippen molar-refractivity contribution < 1.29 is 4.74 Å². The third kappa shape index (κ3) is 2.07. The number of hydrogen-bond acceptors (Lipinski definition) is 3.